The van der Waals surface area contributed by atoms with Gasteiger partial charge in [-0.1, -0.05) is 39.3 Å². The molecule has 3 heteroatoms. The molecule has 0 saturated heterocycles. The fraction of sp³-hybridized carbons (Fsp3) is 0.462. The first-order valence-electron chi connectivity index (χ1n) is 5.58. The molecule has 0 radical (unpaired) electrons. The van der Waals surface area contributed by atoms with Crippen LogP contribution in [0.3, 0.4) is 0 Å². The molecule has 3 N–H and O–H groups in total. The second-order valence-corrected chi connectivity index (χ2v) is 4.11. The van der Waals surface area contributed by atoms with Crippen molar-refractivity contribution >= 4 is 23.5 Å². The predicted octanol–water partition coefficient (Wildman–Crippen LogP) is 4.38. The summed E-state index contributed by atoms with van der Waals surface area (Å²) in [5.41, 5.74) is 9.21. The zero-order valence-electron chi connectivity index (χ0n) is 10.7. The molecule has 0 aromatic heterocycles. The van der Waals surface area contributed by atoms with Crippen molar-refractivity contribution in [2.24, 2.45) is 0 Å². The highest BCUT2D eigenvalue weighted by molar-refractivity contribution is 6.32. The summed E-state index contributed by atoms with van der Waals surface area (Å²) in [4.78, 5) is 0. The van der Waals surface area contributed by atoms with Crippen molar-refractivity contribution in [2.75, 3.05) is 5.73 Å². The number of halogens is 1. The number of benzene rings is 1. The molecule has 1 rings (SSSR count). The normalized spacial score (nSPS) is 9.69. The van der Waals surface area contributed by atoms with Gasteiger partial charge >= 0.3 is 0 Å². The molecule has 0 atom stereocenters. The smallest absolute Gasteiger partial charge is 0.0464 e. The Morgan fingerprint density at radius 2 is 1.88 bits per heavy atom. The molecule has 0 saturated carbocycles. The summed E-state index contributed by atoms with van der Waals surface area (Å²) in [6.07, 6.45) is 1.28. The van der Waals surface area contributed by atoms with Crippen molar-refractivity contribution in [1.82, 2.24) is 0 Å². The summed E-state index contributed by atoms with van der Waals surface area (Å²) in [6.45, 7) is 10.1. The van der Waals surface area contributed by atoms with E-state index in [2.05, 4.69) is 13.8 Å². The van der Waals surface area contributed by atoms with Crippen LogP contribution in [0.25, 0.3) is 0 Å². The molecular weight excluding hydrogens is 220 g/mol. The number of nitrogens with two attached hydrogens (primary N) is 1. The molecule has 0 aliphatic carbocycles. The summed E-state index contributed by atoms with van der Waals surface area (Å²) in [6, 6.07) is 1.73. The number of hydrogen-bond donors (Lipinski definition) is 2. The largest absolute Gasteiger partial charge is 0.398 e. The lowest BCUT2D eigenvalue weighted by Gasteiger charge is -2.15. The minimum absolute atomic E-state index is 0.349. The van der Waals surface area contributed by atoms with E-state index in [9.17, 15) is 0 Å². The van der Waals surface area contributed by atoms with Crippen LogP contribution in [0.15, 0.2) is 6.07 Å². The molecule has 0 fully saturated rings. The lowest BCUT2D eigenvalue weighted by molar-refractivity contribution is 0.857. The first-order chi connectivity index (χ1) is 7.49. The zero-order chi connectivity index (χ0) is 12.9. The topological polar surface area (TPSA) is 49.9 Å². The highest BCUT2D eigenvalue weighted by Crippen LogP contribution is 2.32. The highest BCUT2D eigenvalue weighted by Gasteiger charge is 2.13. The Morgan fingerprint density at radius 1 is 1.38 bits per heavy atom. The Morgan fingerprint density at radius 3 is 2.25 bits per heavy atom. The van der Waals surface area contributed by atoms with Crippen LogP contribution >= 0.6 is 11.6 Å². The molecule has 90 valence electrons. The molecule has 2 nitrogen and oxygen atoms in total. The van der Waals surface area contributed by atoms with E-state index in [1.54, 1.807) is 6.07 Å². The van der Waals surface area contributed by atoms with E-state index in [0.717, 1.165) is 16.7 Å². The second-order valence-electron chi connectivity index (χ2n) is 3.70. The van der Waals surface area contributed by atoms with Gasteiger partial charge in [-0.25, -0.2) is 0 Å². The molecule has 0 aliphatic rings. The molecule has 0 bridgehead atoms. The van der Waals surface area contributed by atoms with Gasteiger partial charge in [-0.3, -0.25) is 0 Å². The number of nitrogen functional groups attached to an aromatic ring is 1. The number of nitrogens with one attached hydrogen (secondary N) is 1. The Labute approximate surface area is 103 Å². The average molecular weight is 241 g/mol. The van der Waals surface area contributed by atoms with Crippen LogP contribution in [0.2, 0.25) is 5.02 Å². The molecule has 0 amide bonds. The average Bonchev–Trinajstić information content (AvgIpc) is 2.19. The van der Waals surface area contributed by atoms with Crippen LogP contribution in [-0.4, -0.2) is 6.21 Å². The van der Waals surface area contributed by atoms with Gasteiger partial charge in [-0.15, -0.1) is 0 Å². The minimum atomic E-state index is 0.349. The van der Waals surface area contributed by atoms with Crippen LogP contribution < -0.4 is 5.73 Å². The van der Waals surface area contributed by atoms with Crippen molar-refractivity contribution in [2.45, 2.75) is 40.5 Å². The van der Waals surface area contributed by atoms with Gasteiger partial charge in [0, 0.05) is 22.5 Å². The summed E-state index contributed by atoms with van der Waals surface area (Å²) in [7, 11) is 0. The maximum absolute atomic E-state index is 7.29. The third-order valence-corrected chi connectivity index (χ3v) is 2.69. The van der Waals surface area contributed by atoms with Crippen molar-refractivity contribution in [3.63, 3.8) is 0 Å². The molecule has 1 aromatic rings. The van der Waals surface area contributed by atoms with Crippen molar-refractivity contribution in [3.05, 3.63) is 27.8 Å². The van der Waals surface area contributed by atoms with E-state index in [-0.39, 0.29) is 0 Å². The lowest BCUT2D eigenvalue weighted by atomic mass is 9.93. The standard InChI is InChI=1S/C11H15ClN2.C2H6/c1-6(2)11-7(3)8(5-13)10(14)4-9(11)12;1-2/h4-6,13H,14H2,1-3H3;1-2H3. The lowest BCUT2D eigenvalue weighted by Crippen LogP contribution is -2.02. The third kappa shape index (κ3) is 2.99. The maximum Gasteiger partial charge on any atom is 0.0464 e. The summed E-state index contributed by atoms with van der Waals surface area (Å²) in [5.74, 6) is 0.349. The zero-order valence-corrected chi connectivity index (χ0v) is 11.4. The molecule has 16 heavy (non-hydrogen) atoms. The quantitative estimate of drug-likeness (QED) is 0.585. The van der Waals surface area contributed by atoms with Gasteiger partial charge in [0.15, 0.2) is 0 Å². The minimum Gasteiger partial charge on any atom is -0.398 e. The second kappa shape index (κ2) is 6.54. The van der Waals surface area contributed by atoms with Gasteiger partial charge < -0.3 is 11.1 Å². The van der Waals surface area contributed by atoms with E-state index in [4.69, 9.17) is 22.7 Å². The van der Waals surface area contributed by atoms with Gasteiger partial charge in [-0.05, 0) is 30.0 Å². The number of anilines is 1. The van der Waals surface area contributed by atoms with Gasteiger partial charge in [-0.2, -0.15) is 0 Å². The molecule has 0 spiro atoms. The molecule has 0 heterocycles. The number of hydrogen-bond acceptors (Lipinski definition) is 2. The van der Waals surface area contributed by atoms with Crippen LogP contribution in [-0.2, 0) is 0 Å². The van der Waals surface area contributed by atoms with Crippen molar-refractivity contribution in [1.29, 1.82) is 5.41 Å². The van der Waals surface area contributed by atoms with Gasteiger partial charge in [0.25, 0.3) is 0 Å². The van der Waals surface area contributed by atoms with Gasteiger partial charge in [0.2, 0.25) is 0 Å². The van der Waals surface area contributed by atoms with Crippen LogP contribution in [0.5, 0.6) is 0 Å². The summed E-state index contributed by atoms with van der Waals surface area (Å²) in [5, 5.41) is 7.98. The maximum atomic E-state index is 7.29. The van der Waals surface area contributed by atoms with Crippen LogP contribution in [0.4, 0.5) is 5.69 Å². The first kappa shape index (κ1) is 15.0. The van der Waals surface area contributed by atoms with Crippen molar-refractivity contribution < 1.29 is 0 Å². The monoisotopic (exact) mass is 240 g/mol. The Kier molecular flexibility index (Phi) is 6.12. The van der Waals surface area contributed by atoms with Gasteiger partial charge in [0.1, 0.15) is 0 Å². The van der Waals surface area contributed by atoms with Crippen LogP contribution in [0.1, 0.15) is 50.3 Å². The van der Waals surface area contributed by atoms with Gasteiger partial charge in [0.05, 0.1) is 0 Å². The third-order valence-electron chi connectivity index (χ3n) is 2.38. The molecular formula is C13H21ClN2. The van der Waals surface area contributed by atoms with E-state index < -0.39 is 0 Å². The Balaban J connectivity index is 0.00000106. The summed E-state index contributed by atoms with van der Waals surface area (Å²) < 4.78 is 0. The number of rotatable bonds is 2. The van der Waals surface area contributed by atoms with E-state index >= 15 is 0 Å². The molecule has 1 aromatic carbocycles. The van der Waals surface area contributed by atoms with Crippen LogP contribution in [0, 0.1) is 12.3 Å². The fourth-order valence-corrected chi connectivity index (χ4v) is 2.21. The van der Waals surface area contributed by atoms with E-state index in [0.29, 0.717) is 16.6 Å². The molecule has 0 unspecified atom stereocenters. The Bertz CT molecular complexity index is 371. The molecule has 0 aliphatic heterocycles. The van der Waals surface area contributed by atoms with E-state index in [1.807, 2.05) is 20.8 Å². The first-order valence-corrected chi connectivity index (χ1v) is 5.95. The predicted molar refractivity (Wildman–Crippen MR) is 73.9 cm³/mol. The highest BCUT2D eigenvalue weighted by atomic mass is 35.5. The Hall–Kier alpha value is -1.02. The summed E-state index contributed by atoms with van der Waals surface area (Å²) >= 11 is 6.10. The SMILES string of the molecule is CC.Cc1c(C=N)c(N)cc(Cl)c1C(C)C. The van der Waals surface area contributed by atoms with E-state index in [1.165, 1.54) is 6.21 Å². The fourth-order valence-electron chi connectivity index (χ4n) is 1.73. The van der Waals surface area contributed by atoms with Crippen molar-refractivity contribution in [3.8, 4) is 0 Å².